The smallest absolute Gasteiger partial charge is 0.504 e. The molecule has 0 aliphatic carbocycles. The Labute approximate surface area is 291 Å². The predicted molar refractivity (Wildman–Crippen MR) is 194 cm³/mol. The van der Waals surface area contributed by atoms with Gasteiger partial charge >= 0.3 is 21.1 Å². The van der Waals surface area contributed by atoms with Crippen LogP contribution in [0.5, 0.6) is 0 Å². The van der Waals surface area contributed by atoms with E-state index in [1.165, 1.54) is 55.4 Å². The summed E-state index contributed by atoms with van der Waals surface area (Å²) in [5, 5.41) is 4.87. The summed E-state index contributed by atoms with van der Waals surface area (Å²) < 4.78 is 0. The van der Waals surface area contributed by atoms with Gasteiger partial charge in [0.15, 0.2) is 0 Å². The molecule has 230 valence electrons. The molecular formula is C42H32N4Pt. The maximum Gasteiger partial charge on any atom is 4.00 e. The monoisotopic (exact) mass is 787 g/mol. The van der Waals surface area contributed by atoms with Crippen LogP contribution in [0.15, 0.2) is 146 Å². The normalized spacial score (nSPS) is 13.2. The Bertz CT molecular complexity index is 2050. The molecule has 0 fully saturated rings. The molecule has 0 saturated carbocycles. The van der Waals surface area contributed by atoms with E-state index in [2.05, 4.69) is 205 Å². The summed E-state index contributed by atoms with van der Waals surface area (Å²) in [4.78, 5) is 8.65. The fraction of sp³-hybridized carbons (Fsp3) is 0.0476. The molecule has 0 N–H and O–H groups in total. The maximum atomic E-state index is 3.59. The molecule has 2 aliphatic rings. The van der Waals surface area contributed by atoms with Gasteiger partial charge in [0.1, 0.15) is 0 Å². The standard InChI is InChI=1S/C22H19N4.C20H13.Pt/c1-23-15-25(21-12-5-3-10-19(21)23)17-8-7-9-18(14-17)26-16-24(2)20-11-4-6-13-22(20)26;1-2-8-15(9-3-1)20-18-12-6-4-10-16(18)14-17-11-5-7-13-19(17)20;/h3-13,15-16H,1-2H3;1-13H;/q-3;-1;+4. The van der Waals surface area contributed by atoms with Crippen LogP contribution in [0.2, 0.25) is 0 Å². The molecule has 0 unspecified atom stereocenters. The van der Waals surface area contributed by atoms with Crippen molar-refractivity contribution in [2.75, 3.05) is 33.7 Å². The molecule has 0 radical (unpaired) electrons. The number of hydrogen-bond acceptors (Lipinski definition) is 4. The van der Waals surface area contributed by atoms with E-state index >= 15 is 0 Å². The Kier molecular flexibility index (Phi) is 8.45. The summed E-state index contributed by atoms with van der Waals surface area (Å²) >= 11 is 0. The number of benzene rings is 7. The number of para-hydroxylation sites is 4. The van der Waals surface area contributed by atoms with Crippen LogP contribution >= 0.6 is 0 Å². The largest absolute Gasteiger partial charge is 4.00 e. The van der Waals surface area contributed by atoms with Crippen LogP contribution in [-0.2, 0) is 21.1 Å². The van der Waals surface area contributed by atoms with E-state index in [0.29, 0.717) is 0 Å². The third-order valence-electron chi connectivity index (χ3n) is 8.63. The maximum absolute atomic E-state index is 3.59. The first kappa shape index (κ1) is 30.6. The van der Waals surface area contributed by atoms with Gasteiger partial charge < -0.3 is 19.6 Å². The topological polar surface area (TPSA) is 13.0 Å². The Hall–Kier alpha value is -5.05. The summed E-state index contributed by atoms with van der Waals surface area (Å²) in [5.74, 6) is 0. The van der Waals surface area contributed by atoms with Crippen LogP contribution in [0.25, 0.3) is 32.7 Å². The van der Waals surface area contributed by atoms with Gasteiger partial charge in [-0.3, -0.25) is 0 Å². The summed E-state index contributed by atoms with van der Waals surface area (Å²) in [6.45, 7) is 4.21. The van der Waals surface area contributed by atoms with E-state index in [9.17, 15) is 0 Å². The Morgan fingerprint density at radius 1 is 0.426 bits per heavy atom. The van der Waals surface area contributed by atoms with Gasteiger partial charge in [0.2, 0.25) is 0 Å². The first-order valence-electron chi connectivity index (χ1n) is 15.5. The van der Waals surface area contributed by atoms with E-state index in [4.69, 9.17) is 0 Å². The first-order valence-corrected chi connectivity index (χ1v) is 15.5. The van der Waals surface area contributed by atoms with Crippen LogP contribution in [0.4, 0.5) is 34.1 Å². The molecule has 0 saturated heterocycles. The van der Waals surface area contributed by atoms with E-state index in [1.54, 1.807) is 0 Å². The van der Waals surface area contributed by atoms with E-state index in [0.717, 1.165) is 11.4 Å². The van der Waals surface area contributed by atoms with Crippen molar-refractivity contribution in [3.8, 4) is 11.1 Å². The predicted octanol–water partition coefficient (Wildman–Crippen LogP) is 10.4. The second-order valence-corrected chi connectivity index (χ2v) is 11.5. The number of fused-ring (bicyclic) bond motifs is 4. The number of rotatable bonds is 3. The third-order valence-corrected chi connectivity index (χ3v) is 8.63. The summed E-state index contributed by atoms with van der Waals surface area (Å²) in [5.41, 5.74) is 9.36. The van der Waals surface area contributed by atoms with Crippen LogP contribution in [0, 0.1) is 25.5 Å². The molecule has 9 rings (SSSR count). The van der Waals surface area contributed by atoms with Crippen molar-refractivity contribution in [2.45, 2.75) is 0 Å². The molecule has 47 heavy (non-hydrogen) atoms. The molecule has 7 aromatic carbocycles. The summed E-state index contributed by atoms with van der Waals surface area (Å²) in [6, 6.07) is 57.8. The van der Waals surface area contributed by atoms with Crippen molar-refractivity contribution in [2.24, 2.45) is 0 Å². The zero-order valence-electron chi connectivity index (χ0n) is 26.1. The molecule has 2 aliphatic heterocycles. The second kappa shape index (κ2) is 13.0. The fourth-order valence-corrected chi connectivity index (χ4v) is 6.46. The molecule has 0 atom stereocenters. The minimum absolute atomic E-state index is 0. The second-order valence-electron chi connectivity index (χ2n) is 11.5. The van der Waals surface area contributed by atoms with Gasteiger partial charge in [-0.05, 0) is 43.9 Å². The van der Waals surface area contributed by atoms with Crippen molar-refractivity contribution in [3.05, 3.63) is 171 Å². The van der Waals surface area contributed by atoms with Gasteiger partial charge in [-0.2, -0.15) is 19.4 Å². The molecule has 7 aromatic rings. The molecule has 0 spiro atoms. The number of hydrogen-bond donors (Lipinski definition) is 0. The van der Waals surface area contributed by atoms with Crippen molar-refractivity contribution in [3.63, 3.8) is 0 Å². The average Bonchev–Trinajstić information content (AvgIpc) is 3.64. The van der Waals surface area contributed by atoms with E-state index < -0.39 is 0 Å². The third kappa shape index (κ3) is 5.64. The minimum Gasteiger partial charge on any atom is -0.504 e. The Morgan fingerprint density at radius 3 is 1.36 bits per heavy atom. The van der Waals surface area contributed by atoms with E-state index in [1.807, 2.05) is 0 Å². The molecule has 0 bridgehead atoms. The van der Waals surface area contributed by atoms with Gasteiger partial charge in [-0.1, -0.05) is 107 Å². The minimum atomic E-state index is 0. The van der Waals surface area contributed by atoms with Gasteiger partial charge in [-0.15, -0.1) is 58.5 Å². The number of nitrogens with zero attached hydrogens (tertiary/aromatic N) is 4. The van der Waals surface area contributed by atoms with Gasteiger partial charge in [-0.25, -0.2) is 0 Å². The fourth-order valence-electron chi connectivity index (χ4n) is 6.46. The first-order chi connectivity index (χ1) is 22.7. The summed E-state index contributed by atoms with van der Waals surface area (Å²) in [6.07, 6.45) is 0. The Balaban J connectivity index is 0.000000151. The summed E-state index contributed by atoms with van der Waals surface area (Å²) in [7, 11) is 4.14. The average molecular weight is 788 g/mol. The van der Waals surface area contributed by atoms with Crippen molar-refractivity contribution in [1.82, 2.24) is 0 Å². The SMILES string of the molecule is CN1[CH-]N(c2[c-]c(N3[CH-]N(C)c4ccccc43)ccc2)c2ccccc21.[Pt+4].[c-]1c2ccccc2c(-c2ccccc2)c2ccccc12. The molecule has 0 aromatic heterocycles. The number of anilines is 6. The molecule has 5 heteroatoms. The van der Waals surface area contributed by atoms with Crippen LogP contribution in [0.1, 0.15) is 0 Å². The van der Waals surface area contributed by atoms with Crippen molar-refractivity contribution < 1.29 is 21.1 Å². The zero-order chi connectivity index (χ0) is 31.0. The van der Waals surface area contributed by atoms with Gasteiger partial charge in [0.05, 0.1) is 0 Å². The van der Waals surface area contributed by atoms with Crippen LogP contribution in [-0.4, -0.2) is 14.1 Å². The molecule has 0 amide bonds. The Morgan fingerprint density at radius 2 is 0.851 bits per heavy atom. The van der Waals surface area contributed by atoms with Crippen molar-refractivity contribution >= 4 is 55.7 Å². The van der Waals surface area contributed by atoms with Crippen LogP contribution in [0.3, 0.4) is 0 Å². The molecular weight excluding hydrogens is 756 g/mol. The molecule has 4 nitrogen and oxygen atoms in total. The van der Waals surface area contributed by atoms with Crippen molar-refractivity contribution in [1.29, 1.82) is 0 Å². The zero-order valence-corrected chi connectivity index (χ0v) is 28.4. The van der Waals surface area contributed by atoms with Gasteiger partial charge in [0, 0.05) is 22.7 Å². The quantitative estimate of drug-likeness (QED) is 0.131. The molecule has 2 heterocycles. The van der Waals surface area contributed by atoms with Crippen LogP contribution < -0.4 is 19.6 Å². The van der Waals surface area contributed by atoms with Gasteiger partial charge in [0.25, 0.3) is 0 Å². The van der Waals surface area contributed by atoms with E-state index in [-0.39, 0.29) is 21.1 Å².